The molecule has 1 heterocycles. The van der Waals surface area contributed by atoms with Gasteiger partial charge in [-0.05, 0) is 33.0 Å². The van der Waals surface area contributed by atoms with E-state index in [9.17, 15) is 0 Å². The zero-order valence-electron chi connectivity index (χ0n) is 8.29. The highest BCUT2D eigenvalue weighted by Crippen LogP contribution is 2.15. The second-order valence-electron chi connectivity index (χ2n) is 3.67. The van der Waals surface area contributed by atoms with Crippen molar-refractivity contribution in [2.45, 2.75) is 39.1 Å². The first kappa shape index (κ1) is 10.4. The van der Waals surface area contributed by atoms with Crippen LogP contribution < -0.4 is 0 Å². The lowest BCUT2D eigenvalue weighted by atomic mass is 10.3. The van der Waals surface area contributed by atoms with Crippen molar-refractivity contribution in [3.8, 4) is 0 Å². The first-order chi connectivity index (χ1) is 5.49. The van der Waals surface area contributed by atoms with Gasteiger partial charge in [-0.3, -0.25) is 0 Å². The minimum Gasteiger partial charge on any atom is -0.417 e. The Morgan fingerprint density at radius 1 is 1.42 bits per heavy atom. The van der Waals surface area contributed by atoms with Crippen LogP contribution in [0, 0.1) is 0 Å². The molecular weight excluding hydrogens is 188 g/mol. The number of rotatable bonds is 0. The molecular formula is C7H18O3Si2. The van der Waals surface area contributed by atoms with Crippen molar-refractivity contribution < 1.29 is 13.0 Å². The van der Waals surface area contributed by atoms with E-state index in [1.807, 2.05) is 0 Å². The van der Waals surface area contributed by atoms with Gasteiger partial charge < -0.3 is 13.0 Å². The van der Waals surface area contributed by atoms with E-state index < -0.39 is 17.8 Å². The molecule has 1 aliphatic heterocycles. The molecule has 1 fully saturated rings. The first-order valence-corrected chi connectivity index (χ1v) is 9.38. The standard InChI is InChI=1S/C7H18O3Si2/c1-7-5-6-8-12(3,4)10-11(2)9-7/h7,11H,5-6H2,1-4H3. The minimum atomic E-state index is -1.83. The fourth-order valence-electron chi connectivity index (χ4n) is 1.33. The molecule has 0 aromatic rings. The van der Waals surface area contributed by atoms with Crippen molar-refractivity contribution in [1.29, 1.82) is 0 Å². The van der Waals surface area contributed by atoms with Crippen molar-refractivity contribution in [1.82, 2.24) is 0 Å². The third-order valence-electron chi connectivity index (χ3n) is 1.85. The summed E-state index contributed by atoms with van der Waals surface area (Å²) in [6, 6.07) is 0. The predicted molar refractivity (Wildman–Crippen MR) is 52.7 cm³/mol. The zero-order chi connectivity index (χ0) is 9.19. The summed E-state index contributed by atoms with van der Waals surface area (Å²) in [6.07, 6.45) is 1.30. The fourth-order valence-corrected chi connectivity index (χ4v) is 6.42. The topological polar surface area (TPSA) is 27.7 Å². The molecule has 5 heteroatoms. The van der Waals surface area contributed by atoms with Crippen LogP contribution in [0.25, 0.3) is 0 Å². The quantitative estimate of drug-likeness (QED) is 0.561. The lowest BCUT2D eigenvalue weighted by Gasteiger charge is -2.31. The highest BCUT2D eigenvalue weighted by atomic mass is 28.4. The normalized spacial score (nSPS) is 37.0. The lowest BCUT2D eigenvalue weighted by Crippen LogP contribution is -2.44. The summed E-state index contributed by atoms with van der Waals surface area (Å²) in [5, 5.41) is 0. The minimum absolute atomic E-state index is 0.303. The van der Waals surface area contributed by atoms with Gasteiger partial charge in [0, 0.05) is 12.7 Å². The SMILES string of the molecule is CC1CCO[Si](C)(C)O[SiH](C)O1. The van der Waals surface area contributed by atoms with Gasteiger partial charge >= 0.3 is 17.8 Å². The smallest absolute Gasteiger partial charge is 0.322 e. The van der Waals surface area contributed by atoms with Gasteiger partial charge in [-0.1, -0.05) is 0 Å². The van der Waals surface area contributed by atoms with Crippen LogP contribution in [0.15, 0.2) is 0 Å². The Kier molecular flexibility index (Phi) is 3.48. The van der Waals surface area contributed by atoms with E-state index in [1.165, 1.54) is 0 Å². The predicted octanol–water partition coefficient (Wildman–Crippen LogP) is 1.38. The van der Waals surface area contributed by atoms with Crippen LogP contribution in [0.1, 0.15) is 13.3 Å². The highest BCUT2D eigenvalue weighted by Gasteiger charge is 2.30. The van der Waals surface area contributed by atoms with Gasteiger partial charge in [0.05, 0.1) is 0 Å². The van der Waals surface area contributed by atoms with Gasteiger partial charge in [-0.15, -0.1) is 0 Å². The average Bonchev–Trinajstić information content (AvgIpc) is 1.81. The van der Waals surface area contributed by atoms with E-state index in [4.69, 9.17) is 13.0 Å². The molecule has 1 rings (SSSR count). The molecule has 3 nitrogen and oxygen atoms in total. The maximum Gasteiger partial charge on any atom is 0.322 e. The summed E-state index contributed by atoms with van der Waals surface area (Å²) < 4.78 is 17.2. The van der Waals surface area contributed by atoms with Crippen molar-refractivity contribution in [3.63, 3.8) is 0 Å². The zero-order valence-corrected chi connectivity index (χ0v) is 10.4. The summed E-state index contributed by atoms with van der Waals surface area (Å²) in [5.41, 5.74) is 0. The maximum absolute atomic E-state index is 5.78. The van der Waals surface area contributed by atoms with Crippen molar-refractivity contribution in [2.75, 3.05) is 6.61 Å². The van der Waals surface area contributed by atoms with Crippen molar-refractivity contribution in [3.05, 3.63) is 0 Å². The van der Waals surface area contributed by atoms with E-state index in [-0.39, 0.29) is 0 Å². The van der Waals surface area contributed by atoms with Crippen LogP contribution in [0.5, 0.6) is 0 Å². The van der Waals surface area contributed by atoms with E-state index in [2.05, 4.69) is 26.6 Å². The van der Waals surface area contributed by atoms with Gasteiger partial charge in [0.2, 0.25) is 0 Å². The van der Waals surface area contributed by atoms with Crippen LogP contribution in [0.4, 0.5) is 0 Å². The lowest BCUT2D eigenvalue weighted by molar-refractivity contribution is 0.111. The Morgan fingerprint density at radius 2 is 2.08 bits per heavy atom. The van der Waals surface area contributed by atoms with Crippen LogP contribution in [-0.4, -0.2) is 30.6 Å². The summed E-state index contributed by atoms with van der Waals surface area (Å²) in [5.74, 6) is 0. The molecule has 2 atom stereocenters. The molecule has 0 radical (unpaired) electrons. The molecule has 0 spiro atoms. The molecule has 12 heavy (non-hydrogen) atoms. The monoisotopic (exact) mass is 206 g/mol. The summed E-state index contributed by atoms with van der Waals surface area (Å²) in [6.45, 7) is 9.09. The molecule has 0 aromatic carbocycles. The van der Waals surface area contributed by atoms with E-state index >= 15 is 0 Å². The van der Waals surface area contributed by atoms with E-state index in [1.54, 1.807) is 0 Å². The molecule has 0 bridgehead atoms. The van der Waals surface area contributed by atoms with Crippen LogP contribution >= 0.6 is 0 Å². The molecule has 0 aromatic heterocycles. The van der Waals surface area contributed by atoms with E-state index in [0.29, 0.717) is 6.10 Å². The van der Waals surface area contributed by atoms with Crippen molar-refractivity contribution >= 4 is 17.8 Å². The second-order valence-corrected chi connectivity index (χ2v) is 9.11. The third-order valence-corrected chi connectivity index (χ3v) is 7.19. The molecule has 72 valence electrons. The van der Waals surface area contributed by atoms with Crippen LogP contribution in [0.2, 0.25) is 19.6 Å². The van der Waals surface area contributed by atoms with Gasteiger partial charge in [-0.25, -0.2) is 0 Å². The van der Waals surface area contributed by atoms with Crippen molar-refractivity contribution in [2.24, 2.45) is 0 Å². The Balaban J connectivity index is 2.48. The number of hydrogen-bond donors (Lipinski definition) is 0. The largest absolute Gasteiger partial charge is 0.417 e. The molecule has 0 saturated carbocycles. The van der Waals surface area contributed by atoms with Crippen LogP contribution in [-0.2, 0) is 13.0 Å². The Labute approximate surface area is 77.1 Å². The van der Waals surface area contributed by atoms with Gasteiger partial charge in [0.1, 0.15) is 0 Å². The number of hydrogen-bond acceptors (Lipinski definition) is 3. The van der Waals surface area contributed by atoms with Gasteiger partial charge in [0.15, 0.2) is 0 Å². The summed E-state index contributed by atoms with van der Waals surface area (Å²) in [7, 11) is -3.24. The molecule has 0 N–H and O–H groups in total. The Hall–Kier alpha value is 0.314. The Morgan fingerprint density at radius 3 is 2.75 bits per heavy atom. The first-order valence-electron chi connectivity index (χ1n) is 4.47. The Bertz CT molecular complexity index is 152. The summed E-state index contributed by atoms with van der Waals surface area (Å²) in [4.78, 5) is 0. The van der Waals surface area contributed by atoms with Crippen LogP contribution in [0.3, 0.4) is 0 Å². The summed E-state index contributed by atoms with van der Waals surface area (Å²) >= 11 is 0. The highest BCUT2D eigenvalue weighted by molar-refractivity contribution is 6.71. The van der Waals surface area contributed by atoms with Gasteiger partial charge in [0.25, 0.3) is 0 Å². The maximum atomic E-state index is 5.78. The second kappa shape index (κ2) is 4.01. The molecule has 0 amide bonds. The van der Waals surface area contributed by atoms with Gasteiger partial charge in [-0.2, -0.15) is 0 Å². The molecule has 1 saturated heterocycles. The molecule has 2 unspecified atom stereocenters. The average molecular weight is 206 g/mol. The third kappa shape index (κ3) is 3.36. The molecule has 1 aliphatic rings. The fraction of sp³-hybridized carbons (Fsp3) is 1.00. The van der Waals surface area contributed by atoms with E-state index in [0.717, 1.165) is 13.0 Å². The molecule has 0 aliphatic carbocycles.